The smallest absolute Gasteiger partial charge is 0.243 e. The summed E-state index contributed by atoms with van der Waals surface area (Å²) in [5, 5.41) is 2.91. The van der Waals surface area contributed by atoms with Crippen LogP contribution in [-0.4, -0.2) is 57.1 Å². The summed E-state index contributed by atoms with van der Waals surface area (Å²) in [6.07, 6.45) is 2.03. The van der Waals surface area contributed by atoms with Crippen molar-refractivity contribution in [1.29, 1.82) is 0 Å². The minimum absolute atomic E-state index is 0.0573. The lowest BCUT2D eigenvalue weighted by Crippen LogP contribution is -2.50. The molecule has 0 aliphatic carbocycles. The Morgan fingerprint density at radius 3 is 2.31 bits per heavy atom. The minimum atomic E-state index is -3.52. The average Bonchev–Trinajstić information content (AvgIpc) is 2.81. The van der Waals surface area contributed by atoms with Gasteiger partial charge in [0.05, 0.1) is 19.1 Å². The molecule has 0 aromatic heterocycles. The summed E-state index contributed by atoms with van der Waals surface area (Å²) in [6.45, 7) is 7.97. The molecule has 0 aliphatic heterocycles. The number of rotatable bonds is 13. The van der Waals surface area contributed by atoms with E-state index >= 15 is 0 Å². The van der Waals surface area contributed by atoms with E-state index in [9.17, 15) is 18.0 Å². The lowest BCUT2D eigenvalue weighted by atomic mass is 10.1. The molecule has 0 aliphatic rings. The van der Waals surface area contributed by atoms with Gasteiger partial charge < -0.3 is 15.0 Å². The second-order valence-corrected chi connectivity index (χ2v) is 11.1. The molecule has 198 valence electrons. The Hall–Kier alpha value is -3.07. The molecule has 0 saturated heterocycles. The molecule has 0 fully saturated rings. The molecule has 0 spiro atoms. The molecule has 2 amide bonds. The van der Waals surface area contributed by atoms with Gasteiger partial charge in [-0.3, -0.25) is 13.9 Å². The number of hydrogen-bond acceptors (Lipinski definition) is 5. The fraction of sp³-hybridized carbons (Fsp3) is 0.481. The maximum atomic E-state index is 13.5. The van der Waals surface area contributed by atoms with Crippen LogP contribution < -0.4 is 14.4 Å². The van der Waals surface area contributed by atoms with Crippen LogP contribution in [0.1, 0.15) is 51.2 Å². The van der Waals surface area contributed by atoms with Gasteiger partial charge in [0.2, 0.25) is 21.8 Å². The molecule has 8 nitrogen and oxygen atoms in total. The molecule has 2 rings (SSSR count). The van der Waals surface area contributed by atoms with E-state index in [1.165, 1.54) is 4.31 Å². The van der Waals surface area contributed by atoms with Gasteiger partial charge in [-0.2, -0.15) is 0 Å². The van der Waals surface area contributed by atoms with Crippen LogP contribution in [0.25, 0.3) is 0 Å². The molecule has 9 heteroatoms. The maximum Gasteiger partial charge on any atom is 0.243 e. The van der Waals surface area contributed by atoms with E-state index in [2.05, 4.69) is 5.32 Å². The van der Waals surface area contributed by atoms with Crippen molar-refractivity contribution >= 4 is 27.5 Å². The van der Waals surface area contributed by atoms with E-state index < -0.39 is 16.1 Å². The highest BCUT2D eigenvalue weighted by Gasteiger charge is 2.29. The van der Waals surface area contributed by atoms with Crippen molar-refractivity contribution in [2.24, 2.45) is 0 Å². The number of carbonyl (C=O) groups excluding carboxylic acids is 2. The highest BCUT2D eigenvalue weighted by molar-refractivity contribution is 7.92. The third kappa shape index (κ3) is 8.55. The van der Waals surface area contributed by atoms with Gasteiger partial charge in [0.1, 0.15) is 11.8 Å². The quantitative estimate of drug-likeness (QED) is 0.435. The molecule has 36 heavy (non-hydrogen) atoms. The third-order valence-corrected chi connectivity index (χ3v) is 6.97. The molecule has 1 N–H and O–H groups in total. The fourth-order valence-electron chi connectivity index (χ4n) is 3.98. The van der Waals surface area contributed by atoms with Crippen molar-refractivity contribution in [3.63, 3.8) is 0 Å². The largest absolute Gasteiger partial charge is 0.497 e. The molecule has 1 atom stereocenters. The molecular weight excluding hydrogens is 478 g/mol. The second-order valence-electron chi connectivity index (χ2n) is 9.23. The van der Waals surface area contributed by atoms with Gasteiger partial charge in [-0.25, -0.2) is 8.42 Å². The molecule has 0 radical (unpaired) electrons. The number of sulfonamides is 1. The van der Waals surface area contributed by atoms with E-state index in [1.54, 1.807) is 24.1 Å². The fourth-order valence-corrected chi connectivity index (χ4v) is 4.95. The highest BCUT2D eigenvalue weighted by Crippen LogP contribution is 2.21. The number of carbonyl (C=O) groups is 2. The Balaban J connectivity index is 2.23. The topological polar surface area (TPSA) is 96.0 Å². The van der Waals surface area contributed by atoms with E-state index in [0.717, 1.165) is 17.4 Å². The average molecular weight is 518 g/mol. The number of benzene rings is 2. The van der Waals surface area contributed by atoms with E-state index in [0.29, 0.717) is 24.3 Å². The van der Waals surface area contributed by atoms with E-state index in [4.69, 9.17) is 4.74 Å². The number of aryl methyl sites for hydroxylation is 1. The first-order chi connectivity index (χ1) is 17.0. The van der Waals surface area contributed by atoms with Crippen LogP contribution in [0.2, 0.25) is 0 Å². The maximum absolute atomic E-state index is 13.5. The zero-order chi connectivity index (χ0) is 26.9. The standard InChI is InChI=1S/C27H39N3O5S/c1-7-25(27(32)28-20(2)3)29(19-22-10-8-11-24(18-22)35-5)26(31)12-9-17-30(36(6,33)34)23-15-13-21(4)14-16-23/h8,10-11,13-16,18,20,25H,7,9,12,17,19H2,1-6H3,(H,28,32)/t25-/m1/s1. The summed E-state index contributed by atoms with van der Waals surface area (Å²) in [7, 11) is -1.94. The number of nitrogens with one attached hydrogen (secondary N) is 1. The second kappa shape index (κ2) is 13.3. The molecular formula is C27H39N3O5S. The highest BCUT2D eigenvalue weighted by atomic mass is 32.2. The summed E-state index contributed by atoms with van der Waals surface area (Å²) in [5.74, 6) is 0.253. The number of methoxy groups -OCH3 is 1. The summed E-state index contributed by atoms with van der Waals surface area (Å²) in [5.41, 5.74) is 2.43. The Morgan fingerprint density at radius 1 is 1.08 bits per heavy atom. The first-order valence-corrected chi connectivity index (χ1v) is 14.1. The van der Waals surface area contributed by atoms with Crippen LogP contribution in [0.15, 0.2) is 48.5 Å². The molecule has 0 bridgehead atoms. The lowest BCUT2D eigenvalue weighted by molar-refractivity contribution is -0.141. The predicted octanol–water partition coefficient (Wildman–Crippen LogP) is 3.88. The predicted molar refractivity (Wildman–Crippen MR) is 144 cm³/mol. The summed E-state index contributed by atoms with van der Waals surface area (Å²) in [4.78, 5) is 28.0. The Labute approximate surface area is 215 Å². The van der Waals surface area contributed by atoms with Crippen molar-refractivity contribution in [3.05, 3.63) is 59.7 Å². The summed E-state index contributed by atoms with van der Waals surface area (Å²) in [6, 6.07) is 13.9. The van der Waals surface area contributed by atoms with E-state index in [1.807, 2.05) is 64.1 Å². The number of nitrogens with zero attached hydrogens (tertiary/aromatic N) is 2. The molecule has 2 aromatic rings. The molecule has 0 heterocycles. The van der Waals surface area contributed by atoms with Gasteiger partial charge in [-0.1, -0.05) is 36.8 Å². The molecule has 2 aromatic carbocycles. The van der Waals surface area contributed by atoms with Gasteiger partial charge in [-0.15, -0.1) is 0 Å². The van der Waals surface area contributed by atoms with Crippen LogP contribution in [-0.2, 0) is 26.2 Å². The van der Waals surface area contributed by atoms with Gasteiger partial charge >= 0.3 is 0 Å². The summed E-state index contributed by atoms with van der Waals surface area (Å²) < 4.78 is 31.5. The van der Waals surface area contributed by atoms with Crippen molar-refractivity contribution in [1.82, 2.24) is 10.2 Å². The monoisotopic (exact) mass is 517 g/mol. The Kier molecular flexibility index (Phi) is 10.8. The van der Waals surface area contributed by atoms with Crippen LogP contribution >= 0.6 is 0 Å². The van der Waals surface area contributed by atoms with Gasteiger partial charge in [-0.05, 0) is 63.4 Å². The third-order valence-electron chi connectivity index (χ3n) is 5.78. The van der Waals surface area contributed by atoms with Crippen LogP contribution in [0.4, 0.5) is 5.69 Å². The first-order valence-electron chi connectivity index (χ1n) is 12.2. The normalized spacial score (nSPS) is 12.2. The van der Waals surface area contributed by atoms with Crippen LogP contribution in [0.5, 0.6) is 5.75 Å². The number of amides is 2. The Morgan fingerprint density at radius 2 is 1.75 bits per heavy atom. The Bertz CT molecular complexity index is 1120. The molecule has 0 unspecified atom stereocenters. The van der Waals surface area contributed by atoms with Gasteiger partial charge in [0.25, 0.3) is 0 Å². The zero-order valence-corrected chi connectivity index (χ0v) is 23.0. The number of anilines is 1. The summed E-state index contributed by atoms with van der Waals surface area (Å²) >= 11 is 0. The van der Waals surface area contributed by atoms with Crippen molar-refractivity contribution in [2.75, 3.05) is 24.2 Å². The van der Waals surface area contributed by atoms with Gasteiger partial charge in [0.15, 0.2) is 0 Å². The SMILES string of the molecule is CC[C@H](C(=O)NC(C)C)N(Cc1cccc(OC)c1)C(=O)CCCN(c1ccc(C)cc1)S(C)(=O)=O. The first kappa shape index (κ1) is 29.2. The van der Waals surface area contributed by atoms with Crippen molar-refractivity contribution in [3.8, 4) is 5.75 Å². The van der Waals surface area contributed by atoms with E-state index in [-0.39, 0.29) is 37.4 Å². The lowest BCUT2D eigenvalue weighted by Gasteiger charge is -2.31. The number of ether oxygens (including phenoxy) is 1. The van der Waals surface area contributed by atoms with Gasteiger partial charge in [0, 0.05) is 25.6 Å². The van der Waals surface area contributed by atoms with Crippen molar-refractivity contribution in [2.45, 2.75) is 65.6 Å². The van der Waals surface area contributed by atoms with Crippen LogP contribution in [0.3, 0.4) is 0 Å². The molecule has 0 saturated carbocycles. The number of hydrogen-bond donors (Lipinski definition) is 1. The zero-order valence-electron chi connectivity index (χ0n) is 22.2. The van der Waals surface area contributed by atoms with Crippen LogP contribution in [0, 0.1) is 6.92 Å². The minimum Gasteiger partial charge on any atom is -0.497 e. The van der Waals surface area contributed by atoms with Crippen molar-refractivity contribution < 1.29 is 22.7 Å².